The van der Waals surface area contributed by atoms with Crippen LogP contribution in [-0.2, 0) is 13.1 Å². The molecule has 0 aliphatic rings. The van der Waals surface area contributed by atoms with Crippen LogP contribution >= 0.6 is 0 Å². The van der Waals surface area contributed by atoms with E-state index in [0.717, 1.165) is 18.5 Å². The molecule has 0 saturated carbocycles. The van der Waals surface area contributed by atoms with Gasteiger partial charge in [-0.25, -0.2) is 0 Å². The van der Waals surface area contributed by atoms with E-state index in [0.29, 0.717) is 18.0 Å². The number of nitrogens with zero attached hydrogens (tertiary/aromatic N) is 3. The van der Waals surface area contributed by atoms with Gasteiger partial charge in [0.25, 0.3) is 5.69 Å². The molecular weight excluding hydrogens is 272 g/mol. The fourth-order valence-corrected chi connectivity index (χ4v) is 1.99. The number of benzene rings is 1. The van der Waals surface area contributed by atoms with Gasteiger partial charge in [0, 0.05) is 30.9 Å². The molecule has 0 unspecified atom stereocenters. The van der Waals surface area contributed by atoms with Crippen LogP contribution in [0.25, 0.3) is 0 Å². The summed E-state index contributed by atoms with van der Waals surface area (Å²) in [5.41, 5.74) is 1.77. The Bertz CT molecular complexity index is 624. The highest BCUT2D eigenvalue weighted by Gasteiger charge is 2.11. The van der Waals surface area contributed by atoms with Crippen LogP contribution in [0.15, 0.2) is 30.6 Å². The molecule has 1 aromatic heterocycles. The van der Waals surface area contributed by atoms with Gasteiger partial charge in [0.05, 0.1) is 30.0 Å². The Hall–Kier alpha value is -2.57. The second-order valence-corrected chi connectivity index (χ2v) is 4.61. The van der Waals surface area contributed by atoms with Crippen LogP contribution in [0.4, 0.5) is 11.4 Å². The topological polar surface area (TPSA) is 82.2 Å². The highest BCUT2D eigenvalue weighted by atomic mass is 16.6. The van der Waals surface area contributed by atoms with Crippen molar-refractivity contribution in [2.45, 2.75) is 26.4 Å². The molecule has 0 aliphatic heterocycles. The Labute approximate surface area is 122 Å². The van der Waals surface area contributed by atoms with Crippen LogP contribution in [0.3, 0.4) is 0 Å². The van der Waals surface area contributed by atoms with Crippen molar-refractivity contribution >= 4 is 11.4 Å². The minimum absolute atomic E-state index is 0.00756. The molecule has 1 aromatic carbocycles. The van der Waals surface area contributed by atoms with E-state index in [2.05, 4.69) is 17.3 Å². The van der Waals surface area contributed by atoms with Gasteiger partial charge < -0.3 is 10.1 Å². The third kappa shape index (κ3) is 3.71. The van der Waals surface area contributed by atoms with Gasteiger partial charge in [0.1, 0.15) is 5.75 Å². The van der Waals surface area contributed by atoms with Gasteiger partial charge in [-0.3, -0.25) is 14.8 Å². The summed E-state index contributed by atoms with van der Waals surface area (Å²) in [4.78, 5) is 10.3. The number of nitro benzene ring substituents is 1. The maximum absolute atomic E-state index is 10.7. The summed E-state index contributed by atoms with van der Waals surface area (Å²) >= 11 is 0. The Morgan fingerprint density at radius 3 is 2.95 bits per heavy atom. The maximum Gasteiger partial charge on any atom is 0.273 e. The lowest BCUT2D eigenvalue weighted by atomic mass is 10.2. The number of nitrogens with one attached hydrogen (secondary N) is 1. The molecule has 21 heavy (non-hydrogen) atoms. The molecule has 1 N–H and O–H groups in total. The number of nitro groups is 1. The van der Waals surface area contributed by atoms with E-state index < -0.39 is 4.92 Å². The molecule has 0 bridgehead atoms. The minimum Gasteiger partial charge on any atom is -0.494 e. The van der Waals surface area contributed by atoms with Crippen LogP contribution < -0.4 is 10.1 Å². The second-order valence-electron chi connectivity index (χ2n) is 4.61. The van der Waals surface area contributed by atoms with E-state index in [1.807, 2.05) is 10.9 Å². The molecule has 112 valence electrons. The van der Waals surface area contributed by atoms with E-state index in [4.69, 9.17) is 4.74 Å². The summed E-state index contributed by atoms with van der Waals surface area (Å²) in [5, 5.41) is 18.2. The Morgan fingerprint density at radius 1 is 1.48 bits per heavy atom. The SMILES string of the molecule is CCCn1cc(CNc2ccc([N+](=O)[O-])cc2OC)cn1. The van der Waals surface area contributed by atoms with Gasteiger partial charge in [-0.05, 0) is 12.5 Å². The number of aryl methyl sites for hydroxylation is 1. The molecule has 0 atom stereocenters. The van der Waals surface area contributed by atoms with Crippen LogP contribution in [0.5, 0.6) is 5.75 Å². The van der Waals surface area contributed by atoms with Gasteiger partial charge in [0.15, 0.2) is 0 Å². The molecule has 0 spiro atoms. The highest BCUT2D eigenvalue weighted by Crippen LogP contribution is 2.29. The van der Waals surface area contributed by atoms with Crippen molar-refractivity contribution in [2.24, 2.45) is 0 Å². The van der Waals surface area contributed by atoms with Crippen molar-refractivity contribution in [1.82, 2.24) is 9.78 Å². The van der Waals surface area contributed by atoms with E-state index in [1.54, 1.807) is 12.3 Å². The second kappa shape index (κ2) is 6.74. The maximum atomic E-state index is 10.7. The van der Waals surface area contributed by atoms with E-state index >= 15 is 0 Å². The molecule has 0 aliphatic carbocycles. The van der Waals surface area contributed by atoms with E-state index in [9.17, 15) is 10.1 Å². The molecule has 2 rings (SSSR count). The zero-order valence-corrected chi connectivity index (χ0v) is 12.1. The van der Waals surface area contributed by atoms with E-state index in [-0.39, 0.29) is 5.69 Å². The zero-order valence-electron chi connectivity index (χ0n) is 12.1. The van der Waals surface area contributed by atoms with Gasteiger partial charge in [-0.1, -0.05) is 6.92 Å². The molecule has 2 aromatic rings. The van der Waals surface area contributed by atoms with Crippen molar-refractivity contribution in [3.8, 4) is 5.75 Å². The summed E-state index contributed by atoms with van der Waals surface area (Å²) < 4.78 is 7.07. The highest BCUT2D eigenvalue weighted by molar-refractivity contribution is 5.60. The van der Waals surface area contributed by atoms with Gasteiger partial charge >= 0.3 is 0 Å². The monoisotopic (exact) mass is 290 g/mol. The van der Waals surface area contributed by atoms with Crippen molar-refractivity contribution in [3.05, 3.63) is 46.3 Å². The molecule has 0 fully saturated rings. The number of rotatable bonds is 7. The minimum atomic E-state index is -0.443. The van der Waals surface area contributed by atoms with Crippen molar-refractivity contribution in [3.63, 3.8) is 0 Å². The largest absolute Gasteiger partial charge is 0.494 e. The Balaban J connectivity index is 2.06. The quantitative estimate of drug-likeness (QED) is 0.626. The third-order valence-corrected chi connectivity index (χ3v) is 3.02. The van der Waals surface area contributed by atoms with Gasteiger partial charge in [-0.2, -0.15) is 5.10 Å². The number of hydrogen-bond acceptors (Lipinski definition) is 5. The first-order chi connectivity index (χ1) is 10.1. The third-order valence-electron chi connectivity index (χ3n) is 3.02. The smallest absolute Gasteiger partial charge is 0.273 e. The van der Waals surface area contributed by atoms with Crippen molar-refractivity contribution in [1.29, 1.82) is 0 Å². The summed E-state index contributed by atoms with van der Waals surface area (Å²) in [7, 11) is 1.49. The molecular formula is C14H18N4O3. The van der Waals surface area contributed by atoms with Crippen LogP contribution in [-0.4, -0.2) is 21.8 Å². The van der Waals surface area contributed by atoms with Crippen molar-refractivity contribution in [2.75, 3.05) is 12.4 Å². The first-order valence-electron chi connectivity index (χ1n) is 6.71. The lowest BCUT2D eigenvalue weighted by Crippen LogP contribution is -2.01. The summed E-state index contributed by atoms with van der Waals surface area (Å²) in [6.07, 6.45) is 4.82. The molecule has 7 nitrogen and oxygen atoms in total. The van der Waals surface area contributed by atoms with Gasteiger partial charge in [-0.15, -0.1) is 0 Å². The average Bonchev–Trinajstić information content (AvgIpc) is 2.93. The van der Waals surface area contributed by atoms with Gasteiger partial charge in [0.2, 0.25) is 0 Å². The molecule has 0 saturated heterocycles. The number of methoxy groups -OCH3 is 1. The molecule has 7 heteroatoms. The zero-order chi connectivity index (χ0) is 15.2. The van der Waals surface area contributed by atoms with Crippen LogP contribution in [0.1, 0.15) is 18.9 Å². The lowest BCUT2D eigenvalue weighted by Gasteiger charge is -2.10. The summed E-state index contributed by atoms with van der Waals surface area (Å²) in [6.45, 7) is 3.57. The Kier molecular flexibility index (Phi) is 4.76. The number of aromatic nitrogens is 2. The molecule has 0 radical (unpaired) electrons. The predicted molar refractivity (Wildman–Crippen MR) is 79.5 cm³/mol. The first kappa shape index (κ1) is 14.8. The molecule has 0 amide bonds. The average molecular weight is 290 g/mol. The van der Waals surface area contributed by atoms with Crippen LogP contribution in [0, 0.1) is 10.1 Å². The number of hydrogen-bond donors (Lipinski definition) is 1. The fourth-order valence-electron chi connectivity index (χ4n) is 1.99. The van der Waals surface area contributed by atoms with Crippen LogP contribution in [0.2, 0.25) is 0 Å². The summed E-state index contributed by atoms with van der Waals surface area (Å²) in [6, 6.07) is 4.50. The standard InChI is InChI=1S/C14H18N4O3/c1-3-6-17-10-11(9-16-17)8-15-13-5-4-12(18(19)20)7-14(13)21-2/h4-5,7,9-10,15H,3,6,8H2,1-2H3. The Morgan fingerprint density at radius 2 is 2.29 bits per heavy atom. The number of ether oxygens (including phenoxy) is 1. The number of anilines is 1. The predicted octanol–water partition coefficient (Wildman–Crippen LogP) is 2.82. The lowest BCUT2D eigenvalue weighted by molar-refractivity contribution is -0.384. The summed E-state index contributed by atoms with van der Waals surface area (Å²) in [5.74, 6) is 0.449. The van der Waals surface area contributed by atoms with Crippen molar-refractivity contribution < 1.29 is 9.66 Å². The fraction of sp³-hybridized carbons (Fsp3) is 0.357. The normalized spacial score (nSPS) is 10.4. The van der Waals surface area contributed by atoms with E-state index in [1.165, 1.54) is 19.2 Å². The number of non-ortho nitro benzene ring substituents is 1. The molecule has 1 heterocycles. The first-order valence-corrected chi connectivity index (χ1v) is 6.71.